The minimum absolute atomic E-state index is 0.0467. The molecule has 11 heteroatoms. The molecule has 1 atom stereocenters. The molecular weight excluding hydrogens is 437 g/mol. The number of carbonyl (C=O) groups excluding carboxylic acids is 1. The second-order valence-electron chi connectivity index (χ2n) is 6.59. The molecule has 0 radical (unpaired) electrons. The molecule has 1 amide bonds. The van der Waals surface area contributed by atoms with Crippen LogP contribution in [0.2, 0.25) is 0 Å². The van der Waals surface area contributed by atoms with E-state index in [1.165, 1.54) is 43.3 Å². The van der Waals surface area contributed by atoms with Gasteiger partial charge in [-0.15, -0.1) is 0 Å². The molecule has 0 aliphatic rings. The van der Waals surface area contributed by atoms with Gasteiger partial charge < -0.3 is 14.8 Å². The van der Waals surface area contributed by atoms with Crippen molar-refractivity contribution in [3.8, 4) is 5.75 Å². The standard InChI is InChI=1S/C20H23F3N2O5S/c1-3-30-17-8-10-18(11-9-17)31(27,28)25-16-6-4-15(5-7-16)19(26)24-14(2)12-29-13-20(21,22)23/h4-11,14,25H,3,12-13H2,1-2H3,(H,24,26). The SMILES string of the molecule is CCOc1ccc(S(=O)(=O)Nc2ccc(C(=O)NC(C)COCC(F)(F)F)cc2)cc1. The van der Waals surface area contributed by atoms with Crippen LogP contribution in [0.1, 0.15) is 24.2 Å². The first-order valence-electron chi connectivity index (χ1n) is 9.31. The number of nitrogens with one attached hydrogen (secondary N) is 2. The van der Waals surface area contributed by atoms with Crippen molar-refractivity contribution < 1.29 is 35.9 Å². The normalized spacial score (nSPS) is 12.8. The van der Waals surface area contributed by atoms with E-state index in [0.29, 0.717) is 12.4 Å². The summed E-state index contributed by atoms with van der Waals surface area (Å²) < 4.78 is 73.4. The number of hydrogen-bond donors (Lipinski definition) is 2. The van der Waals surface area contributed by atoms with Gasteiger partial charge in [-0.05, 0) is 62.4 Å². The zero-order valence-corrected chi connectivity index (χ0v) is 17.7. The number of rotatable bonds is 10. The Bertz CT molecular complexity index is 962. The summed E-state index contributed by atoms with van der Waals surface area (Å²) in [6.07, 6.45) is -4.43. The summed E-state index contributed by atoms with van der Waals surface area (Å²) in [5.41, 5.74) is 0.457. The van der Waals surface area contributed by atoms with Crippen molar-refractivity contribution in [3.63, 3.8) is 0 Å². The van der Waals surface area contributed by atoms with Crippen LogP contribution in [0.4, 0.5) is 18.9 Å². The Labute approximate surface area is 178 Å². The van der Waals surface area contributed by atoms with E-state index in [4.69, 9.17) is 4.74 Å². The van der Waals surface area contributed by atoms with Crippen LogP contribution >= 0.6 is 0 Å². The average molecular weight is 460 g/mol. The second kappa shape index (κ2) is 10.5. The lowest BCUT2D eigenvalue weighted by atomic mass is 10.2. The first-order valence-corrected chi connectivity index (χ1v) is 10.8. The maximum Gasteiger partial charge on any atom is 0.411 e. The minimum Gasteiger partial charge on any atom is -0.494 e. The van der Waals surface area contributed by atoms with Crippen LogP contribution in [0.3, 0.4) is 0 Å². The number of amides is 1. The number of alkyl halides is 3. The molecule has 0 aliphatic carbocycles. The lowest BCUT2D eigenvalue weighted by Gasteiger charge is -2.15. The van der Waals surface area contributed by atoms with Crippen molar-refractivity contribution in [2.45, 2.75) is 31.0 Å². The van der Waals surface area contributed by atoms with Crippen LogP contribution in [0, 0.1) is 0 Å². The molecule has 31 heavy (non-hydrogen) atoms. The highest BCUT2D eigenvalue weighted by Crippen LogP contribution is 2.20. The Balaban J connectivity index is 1.94. The number of halogens is 3. The number of hydrogen-bond acceptors (Lipinski definition) is 5. The molecule has 0 aliphatic heterocycles. The molecule has 0 spiro atoms. The summed E-state index contributed by atoms with van der Waals surface area (Å²) in [6, 6.07) is 10.9. The number of carbonyl (C=O) groups is 1. The van der Waals surface area contributed by atoms with Crippen LogP contribution < -0.4 is 14.8 Å². The molecule has 2 aromatic rings. The van der Waals surface area contributed by atoms with Gasteiger partial charge in [0.25, 0.3) is 15.9 Å². The van der Waals surface area contributed by atoms with E-state index in [1.54, 1.807) is 12.1 Å². The fraction of sp³-hybridized carbons (Fsp3) is 0.350. The molecule has 0 heterocycles. The zero-order valence-electron chi connectivity index (χ0n) is 16.9. The van der Waals surface area contributed by atoms with Gasteiger partial charge in [-0.3, -0.25) is 9.52 Å². The third-order valence-corrected chi connectivity index (χ3v) is 5.25. The smallest absolute Gasteiger partial charge is 0.411 e. The Morgan fingerprint density at radius 3 is 2.23 bits per heavy atom. The summed E-state index contributed by atoms with van der Waals surface area (Å²) in [6.45, 7) is 2.09. The number of benzene rings is 2. The molecule has 2 N–H and O–H groups in total. The molecule has 0 bridgehead atoms. The zero-order chi connectivity index (χ0) is 23.1. The monoisotopic (exact) mass is 460 g/mol. The van der Waals surface area contributed by atoms with Gasteiger partial charge in [-0.25, -0.2) is 8.42 Å². The van der Waals surface area contributed by atoms with E-state index in [9.17, 15) is 26.4 Å². The molecule has 2 aromatic carbocycles. The van der Waals surface area contributed by atoms with E-state index in [1.807, 2.05) is 6.92 Å². The number of sulfonamides is 1. The number of ether oxygens (including phenoxy) is 2. The summed E-state index contributed by atoms with van der Waals surface area (Å²) in [5.74, 6) is 0.0267. The Morgan fingerprint density at radius 2 is 1.68 bits per heavy atom. The summed E-state index contributed by atoms with van der Waals surface area (Å²) in [4.78, 5) is 12.2. The molecule has 2 rings (SSSR count). The fourth-order valence-corrected chi connectivity index (χ4v) is 3.54. The van der Waals surface area contributed by atoms with Gasteiger partial charge in [0.1, 0.15) is 12.4 Å². The van der Waals surface area contributed by atoms with Crippen molar-refractivity contribution in [2.75, 3.05) is 24.5 Å². The lowest BCUT2D eigenvalue weighted by Crippen LogP contribution is -2.36. The van der Waals surface area contributed by atoms with Crippen LogP contribution in [-0.4, -0.2) is 46.4 Å². The van der Waals surface area contributed by atoms with Crippen molar-refractivity contribution in [3.05, 3.63) is 54.1 Å². The van der Waals surface area contributed by atoms with Gasteiger partial charge in [-0.1, -0.05) is 0 Å². The quantitative estimate of drug-likeness (QED) is 0.565. The third-order valence-electron chi connectivity index (χ3n) is 3.86. The van der Waals surface area contributed by atoms with Gasteiger partial charge >= 0.3 is 6.18 Å². The van der Waals surface area contributed by atoms with Crippen LogP contribution in [0.25, 0.3) is 0 Å². The summed E-state index contributed by atoms with van der Waals surface area (Å²) in [7, 11) is -3.83. The van der Waals surface area contributed by atoms with Gasteiger partial charge in [0, 0.05) is 17.3 Å². The summed E-state index contributed by atoms with van der Waals surface area (Å²) >= 11 is 0. The lowest BCUT2D eigenvalue weighted by molar-refractivity contribution is -0.174. The maximum atomic E-state index is 12.5. The molecule has 0 fully saturated rings. The van der Waals surface area contributed by atoms with Gasteiger partial charge in [0.15, 0.2) is 0 Å². The van der Waals surface area contributed by atoms with E-state index in [2.05, 4.69) is 14.8 Å². The van der Waals surface area contributed by atoms with Crippen molar-refractivity contribution in [1.82, 2.24) is 5.32 Å². The molecule has 0 saturated heterocycles. The van der Waals surface area contributed by atoms with Crippen molar-refractivity contribution in [2.24, 2.45) is 0 Å². The van der Waals surface area contributed by atoms with Crippen LogP contribution in [-0.2, 0) is 14.8 Å². The maximum absolute atomic E-state index is 12.5. The number of anilines is 1. The van der Waals surface area contributed by atoms with E-state index in [-0.39, 0.29) is 22.8 Å². The highest BCUT2D eigenvalue weighted by molar-refractivity contribution is 7.92. The highest BCUT2D eigenvalue weighted by atomic mass is 32.2. The van der Waals surface area contributed by atoms with Crippen molar-refractivity contribution >= 4 is 21.6 Å². The average Bonchev–Trinajstić information content (AvgIpc) is 2.68. The molecule has 170 valence electrons. The van der Waals surface area contributed by atoms with Gasteiger partial charge in [0.05, 0.1) is 18.1 Å². The predicted octanol–water partition coefficient (Wildman–Crippen LogP) is 3.58. The second-order valence-corrected chi connectivity index (χ2v) is 8.27. The van der Waals surface area contributed by atoms with E-state index >= 15 is 0 Å². The van der Waals surface area contributed by atoms with Gasteiger partial charge in [0.2, 0.25) is 0 Å². The minimum atomic E-state index is -4.43. The Hall–Kier alpha value is -2.79. The Kier molecular flexibility index (Phi) is 8.28. The van der Waals surface area contributed by atoms with E-state index < -0.39 is 34.8 Å². The molecular formula is C20H23F3N2O5S. The van der Waals surface area contributed by atoms with Crippen LogP contribution in [0.5, 0.6) is 5.75 Å². The molecule has 0 saturated carbocycles. The molecule has 0 aromatic heterocycles. The predicted molar refractivity (Wildman–Crippen MR) is 109 cm³/mol. The third kappa shape index (κ3) is 8.10. The van der Waals surface area contributed by atoms with Crippen LogP contribution in [0.15, 0.2) is 53.4 Å². The largest absolute Gasteiger partial charge is 0.494 e. The first-order chi connectivity index (χ1) is 14.5. The Morgan fingerprint density at radius 1 is 1.06 bits per heavy atom. The molecule has 1 unspecified atom stereocenters. The van der Waals surface area contributed by atoms with Crippen molar-refractivity contribution in [1.29, 1.82) is 0 Å². The first kappa shape index (κ1) is 24.5. The molecule has 7 nitrogen and oxygen atoms in total. The summed E-state index contributed by atoms with van der Waals surface area (Å²) in [5, 5.41) is 2.51. The highest BCUT2D eigenvalue weighted by Gasteiger charge is 2.27. The fourth-order valence-electron chi connectivity index (χ4n) is 2.49. The van der Waals surface area contributed by atoms with Gasteiger partial charge in [-0.2, -0.15) is 13.2 Å². The van der Waals surface area contributed by atoms with E-state index in [0.717, 1.165) is 0 Å². The topological polar surface area (TPSA) is 93.7 Å².